The van der Waals surface area contributed by atoms with Crippen molar-refractivity contribution in [2.75, 3.05) is 33.2 Å². The number of piperidine rings is 2. The summed E-state index contributed by atoms with van der Waals surface area (Å²) in [6.45, 7) is 13.1. The molecule has 6 rings (SSSR count). The normalized spacial score (nSPS) is 45.8. The Morgan fingerprint density at radius 2 is 1.46 bits per heavy atom. The summed E-state index contributed by atoms with van der Waals surface area (Å²) in [5, 5.41) is 0. The van der Waals surface area contributed by atoms with E-state index in [0.29, 0.717) is 35.3 Å². The van der Waals surface area contributed by atoms with Crippen molar-refractivity contribution in [3.05, 3.63) is 0 Å². The van der Waals surface area contributed by atoms with E-state index in [1.807, 2.05) is 0 Å². The standard InChI is InChI=1S/C34H57N2O4.BrH/c1-23(37)39-31-20-25-12-13-26-27(34(25,4)22-29(31)35-16-8-6-9-17-35)14-15-33(3)28(26)21-30(32(33)40-24(2)38)36(5)18-10-7-11-19-36;/h25-32H,6-22H2,1-5H3;1H/q+1;/p-1/t25-,26+,27-,28-,29?,30?,31-,32?,33-,34-;/m0./s1. The molecular weight excluding hydrogens is 580 g/mol. The zero-order valence-electron chi connectivity index (χ0n) is 26.5. The molecule has 0 aromatic heterocycles. The van der Waals surface area contributed by atoms with Gasteiger partial charge in [-0.15, -0.1) is 0 Å². The fraction of sp³-hybridized carbons (Fsp3) is 0.941. The maximum Gasteiger partial charge on any atom is 0.303 e. The Morgan fingerprint density at radius 1 is 0.805 bits per heavy atom. The van der Waals surface area contributed by atoms with Gasteiger partial charge in [-0.25, -0.2) is 0 Å². The van der Waals surface area contributed by atoms with Gasteiger partial charge >= 0.3 is 11.9 Å². The minimum absolute atomic E-state index is 0. The molecule has 0 bridgehead atoms. The molecule has 0 aromatic carbocycles. The highest BCUT2D eigenvalue weighted by molar-refractivity contribution is 5.66. The number of ether oxygens (including phenoxy) is 2. The molecule has 4 saturated carbocycles. The van der Waals surface area contributed by atoms with Gasteiger partial charge in [0.2, 0.25) is 0 Å². The highest BCUT2D eigenvalue weighted by Crippen LogP contribution is 2.67. The van der Waals surface area contributed by atoms with Crippen molar-refractivity contribution in [3.8, 4) is 0 Å². The number of hydrogen-bond donors (Lipinski definition) is 0. The van der Waals surface area contributed by atoms with Crippen LogP contribution in [-0.2, 0) is 19.1 Å². The van der Waals surface area contributed by atoms with Crippen molar-refractivity contribution in [3.63, 3.8) is 0 Å². The van der Waals surface area contributed by atoms with Crippen LogP contribution in [0, 0.1) is 34.5 Å². The summed E-state index contributed by atoms with van der Waals surface area (Å²) in [5.41, 5.74) is 0.377. The molecule has 10 atom stereocenters. The summed E-state index contributed by atoms with van der Waals surface area (Å²) < 4.78 is 13.5. The van der Waals surface area contributed by atoms with Crippen molar-refractivity contribution in [2.45, 2.75) is 135 Å². The van der Waals surface area contributed by atoms with Crippen molar-refractivity contribution >= 4 is 11.9 Å². The monoisotopic (exact) mass is 636 g/mol. The van der Waals surface area contributed by atoms with Crippen molar-refractivity contribution in [1.29, 1.82) is 0 Å². The Morgan fingerprint density at radius 3 is 2.12 bits per heavy atom. The van der Waals surface area contributed by atoms with Crippen LogP contribution in [0.1, 0.15) is 111 Å². The number of halogens is 1. The number of rotatable bonds is 4. The quantitative estimate of drug-likeness (QED) is 0.351. The van der Waals surface area contributed by atoms with Gasteiger partial charge in [0.1, 0.15) is 12.1 Å². The first kappa shape index (κ1) is 31.8. The third-order valence-corrected chi connectivity index (χ3v) is 13.7. The lowest BCUT2D eigenvalue weighted by atomic mass is 9.44. The average molecular weight is 638 g/mol. The number of carbonyl (C=O) groups is 2. The molecule has 7 heteroatoms. The van der Waals surface area contributed by atoms with Gasteiger partial charge in [0.05, 0.1) is 20.1 Å². The number of quaternary nitrogens is 1. The number of likely N-dealkylation sites (N-methyl/N-ethyl adjacent to an activating group) is 1. The molecule has 2 aliphatic heterocycles. The van der Waals surface area contributed by atoms with Gasteiger partial charge in [-0.2, -0.15) is 0 Å². The van der Waals surface area contributed by atoms with Gasteiger partial charge in [0.15, 0.2) is 6.10 Å². The maximum absolute atomic E-state index is 12.5. The molecule has 0 amide bonds. The molecule has 0 N–H and O–H groups in total. The zero-order valence-corrected chi connectivity index (χ0v) is 28.1. The first-order valence-corrected chi connectivity index (χ1v) is 17.0. The summed E-state index contributed by atoms with van der Waals surface area (Å²) in [5.74, 6) is 2.50. The Balaban J connectivity index is 0.00000337. The Bertz CT molecular complexity index is 964. The van der Waals surface area contributed by atoms with Crippen molar-refractivity contribution < 1.29 is 40.5 Å². The Kier molecular flexibility index (Phi) is 9.32. The number of fused-ring (bicyclic) bond motifs is 5. The van der Waals surface area contributed by atoms with Gasteiger partial charge in [0, 0.05) is 31.7 Å². The molecule has 3 unspecified atom stereocenters. The molecule has 41 heavy (non-hydrogen) atoms. The first-order chi connectivity index (χ1) is 19.0. The van der Waals surface area contributed by atoms with Gasteiger partial charge in [-0.3, -0.25) is 14.5 Å². The summed E-state index contributed by atoms with van der Waals surface area (Å²) in [4.78, 5) is 27.4. The lowest BCUT2D eigenvalue weighted by Gasteiger charge is -2.62. The maximum atomic E-state index is 12.5. The summed E-state index contributed by atoms with van der Waals surface area (Å²) in [7, 11) is 2.47. The number of nitrogens with zero attached hydrogens (tertiary/aromatic N) is 2. The van der Waals surface area contributed by atoms with Crippen LogP contribution in [-0.4, -0.2) is 78.8 Å². The molecule has 4 aliphatic carbocycles. The van der Waals surface area contributed by atoms with Crippen LogP contribution in [0.15, 0.2) is 0 Å². The first-order valence-electron chi connectivity index (χ1n) is 17.0. The largest absolute Gasteiger partial charge is 1.00 e. The topological polar surface area (TPSA) is 55.8 Å². The fourth-order valence-electron chi connectivity index (χ4n) is 11.7. The van der Waals surface area contributed by atoms with E-state index in [-0.39, 0.29) is 46.5 Å². The molecule has 0 aromatic rings. The second-order valence-corrected chi connectivity index (χ2v) is 15.8. The van der Waals surface area contributed by atoms with E-state index in [1.165, 1.54) is 90.1 Å². The van der Waals surface area contributed by atoms with Gasteiger partial charge in [-0.1, -0.05) is 20.3 Å². The van der Waals surface area contributed by atoms with E-state index in [4.69, 9.17) is 9.47 Å². The molecule has 0 spiro atoms. The molecule has 2 saturated heterocycles. The van der Waals surface area contributed by atoms with Crippen molar-refractivity contribution in [2.24, 2.45) is 34.5 Å². The molecule has 6 fully saturated rings. The highest BCUT2D eigenvalue weighted by atomic mass is 79.9. The number of likely N-dealkylation sites (tertiary alicyclic amines) is 2. The minimum Gasteiger partial charge on any atom is -1.00 e. The van der Waals surface area contributed by atoms with Crippen LogP contribution in [0.2, 0.25) is 0 Å². The van der Waals surface area contributed by atoms with Crippen LogP contribution >= 0.6 is 0 Å². The van der Waals surface area contributed by atoms with Crippen molar-refractivity contribution in [1.82, 2.24) is 4.90 Å². The van der Waals surface area contributed by atoms with Crippen LogP contribution in [0.4, 0.5) is 0 Å². The third-order valence-electron chi connectivity index (χ3n) is 13.7. The Labute approximate surface area is 260 Å². The van der Waals surface area contributed by atoms with E-state index < -0.39 is 0 Å². The highest BCUT2D eigenvalue weighted by Gasteiger charge is 2.67. The number of esters is 2. The SMILES string of the molecule is CC(=O)OC1C([N+]2(C)CCCCC2)C[C@H]2[C@@H]3CC[C@H]4C[C@H](OC(C)=O)C(N5CCCCC5)C[C@]4(C)[C@H]3CC[C@]12C.[Br-]. The lowest BCUT2D eigenvalue weighted by molar-refractivity contribution is -0.940. The predicted octanol–water partition coefficient (Wildman–Crippen LogP) is 2.97. The molecule has 6 aliphatic rings. The molecular formula is C34H57BrN2O4. The summed E-state index contributed by atoms with van der Waals surface area (Å²) in [6.07, 6.45) is 16.3. The minimum atomic E-state index is -0.111. The summed E-state index contributed by atoms with van der Waals surface area (Å²) >= 11 is 0. The molecule has 234 valence electrons. The van der Waals surface area contributed by atoms with Crippen LogP contribution in [0.25, 0.3) is 0 Å². The van der Waals surface area contributed by atoms with E-state index in [2.05, 4.69) is 25.8 Å². The lowest BCUT2D eigenvalue weighted by Crippen LogP contribution is -3.00. The smallest absolute Gasteiger partial charge is 0.303 e. The zero-order chi connectivity index (χ0) is 28.3. The van der Waals surface area contributed by atoms with Crippen LogP contribution in [0.5, 0.6) is 0 Å². The van der Waals surface area contributed by atoms with Gasteiger partial charge < -0.3 is 30.9 Å². The second-order valence-electron chi connectivity index (χ2n) is 15.8. The average Bonchev–Trinajstić information content (AvgIpc) is 3.21. The van der Waals surface area contributed by atoms with E-state index in [1.54, 1.807) is 13.8 Å². The molecule has 0 radical (unpaired) electrons. The third kappa shape index (κ3) is 5.56. The number of carbonyl (C=O) groups excluding carboxylic acids is 2. The van der Waals surface area contributed by atoms with Gasteiger partial charge in [0.25, 0.3) is 0 Å². The van der Waals surface area contributed by atoms with Gasteiger partial charge in [-0.05, 0) is 113 Å². The fourth-order valence-corrected chi connectivity index (χ4v) is 11.7. The van der Waals surface area contributed by atoms with E-state index >= 15 is 0 Å². The van der Waals surface area contributed by atoms with Crippen LogP contribution < -0.4 is 17.0 Å². The van der Waals surface area contributed by atoms with E-state index in [9.17, 15) is 9.59 Å². The molecule has 2 heterocycles. The van der Waals surface area contributed by atoms with Crippen LogP contribution in [0.3, 0.4) is 0 Å². The second kappa shape index (κ2) is 12.0. The number of hydrogen-bond acceptors (Lipinski definition) is 5. The van der Waals surface area contributed by atoms with E-state index in [0.717, 1.165) is 29.9 Å². The predicted molar refractivity (Wildman–Crippen MR) is 156 cm³/mol. The summed E-state index contributed by atoms with van der Waals surface area (Å²) in [6, 6.07) is 0.796. The Hall–Kier alpha value is -0.660. The molecule has 6 nitrogen and oxygen atoms in total.